The van der Waals surface area contributed by atoms with Gasteiger partial charge in [-0.2, -0.15) is 0 Å². The summed E-state index contributed by atoms with van der Waals surface area (Å²) in [5, 5.41) is 10.5. The summed E-state index contributed by atoms with van der Waals surface area (Å²) in [7, 11) is 0. The van der Waals surface area contributed by atoms with Gasteiger partial charge in [-0.05, 0) is 23.8 Å². The van der Waals surface area contributed by atoms with Crippen LogP contribution < -0.4 is 4.74 Å². The lowest BCUT2D eigenvalue weighted by Crippen LogP contribution is -1.88. The molecule has 5 heteroatoms. The van der Waals surface area contributed by atoms with Gasteiger partial charge < -0.3 is 4.74 Å². The van der Waals surface area contributed by atoms with E-state index in [0.29, 0.717) is 11.3 Å². The zero-order valence-corrected chi connectivity index (χ0v) is 10.4. The lowest BCUT2D eigenvalue weighted by Gasteiger charge is -2.00. The van der Waals surface area contributed by atoms with E-state index in [4.69, 9.17) is 4.74 Å². The summed E-state index contributed by atoms with van der Waals surface area (Å²) in [5.74, 6) is 0.482. The van der Waals surface area contributed by atoms with Gasteiger partial charge in [0.1, 0.15) is 5.75 Å². The molecule has 0 saturated heterocycles. The number of rotatable bonds is 5. The Morgan fingerprint density at radius 3 is 2.25 bits per heavy atom. The van der Waals surface area contributed by atoms with Gasteiger partial charge in [-0.1, -0.05) is 24.3 Å². The number of nitrogens with zero attached hydrogens (tertiary/aromatic N) is 1. The Hall–Kier alpha value is -2.95. The molecular formula is C15H11NO4. The molecule has 20 heavy (non-hydrogen) atoms. The Labute approximate surface area is 115 Å². The molecule has 0 fully saturated rings. The molecule has 0 bridgehead atoms. The predicted octanol–water partition coefficient (Wildman–Crippen LogP) is 3.46. The van der Waals surface area contributed by atoms with Crippen molar-refractivity contribution in [3.05, 3.63) is 76.0 Å². The van der Waals surface area contributed by atoms with Gasteiger partial charge in [-0.25, -0.2) is 0 Å². The standard InChI is InChI=1S/C15H11NO4/c17-11-13-4-2-1-3-12(13)9-10-20-15-7-5-14(6-8-15)16(18)19/h1-11H/b10-9+. The summed E-state index contributed by atoms with van der Waals surface area (Å²) in [5.41, 5.74) is 1.31. The van der Waals surface area contributed by atoms with Crippen LogP contribution in [0.4, 0.5) is 5.69 Å². The number of nitro groups is 1. The van der Waals surface area contributed by atoms with E-state index < -0.39 is 4.92 Å². The van der Waals surface area contributed by atoms with Crippen LogP contribution in [-0.2, 0) is 0 Å². The van der Waals surface area contributed by atoms with Crippen LogP contribution >= 0.6 is 0 Å². The van der Waals surface area contributed by atoms with Crippen molar-refractivity contribution in [2.45, 2.75) is 0 Å². The summed E-state index contributed by atoms with van der Waals surface area (Å²) >= 11 is 0. The first kappa shape index (κ1) is 13.5. The highest BCUT2D eigenvalue weighted by molar-refractivity contribution is 5.81. The van der Waals surface area contributed by atoms with E-state index >= 15 is 0 Å². The van der Waals surface area contributed by atoms with E-state index in [1.165, 1.54) is 30.5 Å². The average molecular weight is 269 g/mol. The van der Waals surface area contributed by atoms with Crippen molar-refractivity contribution in [1.29, 1.82) is 0 Å². The Balaban J connectivity index is 2.06. The Bertz CT molecular complexity index is 647. The average Bonchev–Trinajstić information content (AvgIpc) is 2.48. The van der Waals surface area contributed by atoms with Gasteiger partial charge in [-0.15, -0.1) is 0 Å². The summed E-state index contributed by atoms with van der Waals surface area (Å²) in [6.07, 6.45) is 3.86. The first-order chi connectivity index (χ1) is 9.70. The van der Waals surface area contributed by atoms with Gasteiger partial charge in [0.15, 0.2) is 6.29 Å². The van der Waals surface area contributed by atoms with E-state index in [-0.39, 0.29) is 5.69 Å². The number of benzene rings is 2. The predicted molar refractivity (Wildman–Crippen MR) is 74.6 cm³/mol. The summed E-state index contributed by atoms with van der Waals surface area (Å²) in [6.45, 7) is 0. The highest BCUT2D eigenvalue weighted by Gasteiger charge is 2.03. The zero-order valence-electron chi connectivity index (χ0n) is 10.4. The van der Waals surface area contributed by atoms with E-state index in [1.54, 1.807) is 24.3 Å². The van der Waals surface area contributed by atoms with Crippen molar-refractivity contribution < 1.29 is 14.5 Å². The molecule has 0 N–H and O–H groups in total. The first-order valence-electron chi connectivity index (χ1n) is 5.82. The molecule has 100 valence electrons. The van der Waals surface area contributed by atoms with Gasteiger partial charge in [0.25, 0.3) is 5.69 Å². The van der Waals surface area contributed by atoms with Gasteiger partial charge in [0.2, 0.25) is 0 Å². The molecule has 0 aliphatic heterocycles. The molecule has 0 saturated carbocycles. The smallest absolute Gasteiger partial charge is 0.269 e. The van der Waals surface area contributed by atoms with Crippen LogP contribution in [0.5, 0.6) is 5.75 Å². The molecular weight excluding hydrogens is 258 g/mol. The molecule has 0 unspecified atom stereocenters. The summed E-state index contributed by atoms with van der Waals surface area (Å²) < 4.78 is 5.33. The summed E-state index contributed by atoms with van der Waals surface area (Å²) in [4.78, 5) is 20.9. The zero-order chi connectivity index (χ0) is 14.4. The maximum Gasteiger partial charge on any atom is 0.269 e. The molecule has 2 rings (SSSR count). The number of aldehydes is 1. The molecule has 0 aliphatic rings. The fourth-order valence-electron chi connectivity index (χ4n) is 1.60. The molecule has 0 atom stereocenters. The van der Waals surface area contributed by atoms with E-state index in [9.17, 15) is 14.9 Å². The number of nitro benzene ring substituents is 1. The first-order valence-corrected chi connectivity index (χ1v) is 5.82. The van der Waals surface area contributed by atoms with Gasteiger partial charge >= 0.3 is 0 Å². The lowest BCUT2D eigenvalue weighted by molar-refractivity contribution is -0.384. The molecule has 2 aromatic rings. The van der Waals surface area contributed by atoms with Crippen molar-refractivity contribution in [1.82, 2.24) is 0 Å². The van der Waals surface area contributed by atoms with Crippen LogP contribution in [0.1, 0.15) is 15.9 Å². The summed E-state index contributed by atoms with van der Waals surface area (Å²) in [6, 6.07) is 12.8. The molecule has 2 aromatic carbocycles. The number of ether oxygens (including phenoxy) is 1. The van der Waals surface area contributed by atoms with Crippen molar-refractivity contribution >= 4 is 18.0 Å². The minimum absolute atomic E-state index is 0.00706. The van der Waals surface area contributed by atoms with Crippen LogP contribution in [0.3, 0.4) is 0 Å². The number of non-ortho nitro benzene ring substituents is 1. The van der Waals surface area contributed by atoms with E-state index in [0.717, 1.165) is 11.8 Å². The van der Waals surface area contributed by atoms with Crippen molar-refractivity contribution in [3.8, 4) is 5.75 Å². The SMILES string of the molecule is O=Cc1ccccc1/C=C/Oc1ccc([N+](=O)[O-])cc1. The molecule has 0 heterocycles. The number of carbonyl (C=O) groups excluding carboxylic acids is 1. The largest absolute Gasteiger partial charge is 0.465 e. The third kappa shape index (κ3) is 3.29. The second kappa shape index (κ2) is 6.29. The Kier molecular flexibility index (Phi) is 4.24. The van der Waals surface area contributed by atoms with Crippen LogP contribution in [0.15, 0.2) is 54.8 Å². The van der Waals surface area contributed by atoms with E-state index in [1.807, 2.05) is 6.07 Å². The third-order valence-corrected chi connectivity index (χ3v) is 2.62. The minimum Gasteiger partial charge on any atom is -0.465 e. The highest BCUT2D eigenvalue weighted by atomic mass is 16.6. The Morgan fingerprint density at radius 1 is 1.00 bits per heavy atom. The van der Waals surface area contributed by atoms with Crippen LogP contribution in [-0.4, -0.2) is 11.2 Å². The van der Waals surface area contributed by atoms with Crippen LogP contribution in [0.25, 0.3) is 6.08 Å². The highest BCUT2D eigenvalue weighted by Crippen LogP contribution is 2.18. The number of hydrogen-bond acceptors (Lipinski definition) is 4. The third-order valence-electron chi connectivity index (χ3n) is 2.62. The molecule has 0 aliphatic carbocycles. The molecule has 0 aromatic heterocycles. The van der Waals surface area contributed by atoms with Crippen molar-refractivity contribution in [2.75, 3.05) is 0 Å². The van der Waals surface area contributed by atoms with E-state index in [2.05, 4.69) is 0 Å². The normalized spacial score (nSPS) is 10.4. The van der Waals surface area contributed by atoms with Crippen LogP contribution in [0.2, 0.25) is 0 Å². The van der Waals surface area contributed by atoms with Crippen LogP contribution in [0, 0.1) is 10.1 Å². The molecule has 0 radical (unpaired) electrons. The second-order valence-electron chi connectivity index (χ2n) is 3.92. The monoisotopic (exact) mass is 269 g/mol. The maximum absolute atomic E-state index is 10.8. The molecule has 0 amide bonds. The number of hydrogen-bond donors (Lipinski definition) is 0. The van der Waals surface area contributed by atoms with Crippen molar-refractivity contribution in [3.63, 3.8) is 0 Å². The fourth-order valence-corrected chi connectivity index (χ4v) is 1.60. The lowest BCUT2D eigenvalue weighted by atomic mass is 10.1. The second-order valence-corrected chi connectivity index (χ2v) is 3.92. The molecule has 5 nitrogen and oxygen atoms in total. The minimum atomic E-state index is -0.472. The quantitative estimate of drug-likeness (QED) is 0.361. The van der Waals surface area contributed by atoms with Gasteiger partial charge in [-0.3, -0.25) is 14.9 Å². The number of carbonyl (C=O) groups is 1. The Morgan fingerprint density at radius 2 is 1.65 bits per heavy atom. The van der Waals surface area contributed by atoms with Crippen molar-refractivity contribution in [2.24, 2.45) is 0 Å². The fraction of sp³-hybridized carbons (Fsp3) is 0. The van der Waals surface area contributed by atoms with Gasteiger partial charge in [0.05, 0.1) is 11.2 Å². The maximum atomic E-state index is 10.8. The molecule has 0 spiro atoms. The van der Waals surface area contributed by atoms with Gasteiger partial charge in [0, 0.05) is 17.7 Å². The topological polar surface area (TPSA) is 69.4 Å².